The molecule has 2 N–H and O–H groups in total. The number of aromatic nitrogens is 1. The van der Waals surface area contributed by atoms with Gasteiger partial charge in [-0.15, -0.1) is 0 Å². The van der Waals surface area contributed by atoms with Gasteiger partial charge in [0, 0.05) is 25.8 Å². The summed E-state index contributed by atoms with van der Waals surface area (Å²) in [6.07, 6.45) is 0.169. The normalized spacial score (nSPS) is 11.6. The summed E-state index contributed by atoms with van der Waals surface area (Å²) in [6, 6.07) is 22.8. The van der Waals surface area contributed by atoms with Crippen molar-refractivity contribution in [3.05, 3.63) is 83.9 Å². The quantitative estimate of drug-likeness (QED) is 0.470. The summed E-state index contributed by atoms with van der Waals surface area (Å²) in [5.41, 5.74) is 3.55. The summed E-state index contributed by atoms with van der Waals surface area (Å²) in [7, 11) is 1.69. The van der Waals surface area contributed by atoms with Crippen LogP contribution in [0.1, 0.15) is 30.6 Å². The Morgan fingerprint density at radius 2 is 1.76 bits per heavy atom. The van der Waals surface area contributed by atoms with Gasteiger partial charge in [-0.1, -0.05) is 60.7 Å². The molecule has 2 aromatic carbocycles. The third kappa shape index (κ3) is 6.89. The van der Waals surface area contributed by atoms with Crippen LogP contribution in [0.25, 0.3) is 11.3 Å². The monoisotopic (exact) mass is 447 g/mol. The molecule has 0 spiro atoms. The summed E-state index contributed by atoms with van der Waals surface area (Å²) in [5, 5.41) is 12.0. The number of urea groups is 1. The molecule has 0 bridgehead atoms. The fraction of sp³-hybridized carbons (Fsp3) is 0.269. The van der Waals surface area contributed by atoms with Gasteiger partial charge in [-0.25, -0.2) is 9.78 Å². The van der Waals surface area contributed by atoms with Crippen LogP contribution in [0.15, 0.2) is 72.8 Å². The van der Waals surface area contributed by atoms with Crippen LogP contribution in [-0.2, 0) is 16.0 Å². The first-order valence-corrected chi connectivity index (χ1v) is 10.9. The zero-order valence-electron chi connectivity index (χ0n) is 18.9. The van der Waals surface area contributed by atoms with Crippen LogP contribution in [0, 0.1) is 0 Å². The third-order valence-corrected chi connectivity index (χ3v) is 5.22. The minimum absolute atomic E-state index is 0.0922. The summed E-state index contributed by atoms with van der Waals surface area (Å²) >= 11 is 0. The number of carbonyl (C=O) groups excluding carboxylic acids is 1. The average Bonchev–Trinajstić information content (AvgIpc) is 2.84. The number of carbonyl (C=O) groups is 2. The van der Waals surface area contributed by atoms with Gasteiger partial charge < -0.3 is 15.2 Å². The Kier molecular flexibility index (Phi) is 8.55. The number of aliphatic carboxylic acids is 1. The molecule has 0 saturated carbocycles. The fourth-order valence-corrected chi connectivity index (χ4v) is 3.45. The minimum atomic E-state index is -0.906. The van der Waals surface area contributed by atoms with Crippen molar-refractivity contribution in [1.29, 1.82) is 0 Å². The van der Waals surface area contributed by atoms with Crippen LogP contribution < -0.4 is 10.2 Å². The largest absolute Gasteiger partial charge is 0.481 e. The Morgan fingerprint density at radius 3 is 2.42 bits per heavy atom. The van der Waals surface area contributed by atoms with E-state index in [-0.39, 0.29) is 12.5 Å². The van der Waals surface area contributed by atoms with Crippen LogP contribution in [0.3, 0.4) is 0 Å². The molecule has 3 rings (SSSR count). The maximum absolute atomic E-state index is 12.6. The molecule has 0 unspecified atom stereocenters. The lowest BCUT2D eigenvalue weighted by Gasteiger charge is -2.18. The number of nitrogens with zero attached hydrogens (tertiary/aromatic N) is 2. The molecule has 7 nitrogen and oxygen atoms in total. The van der Waals surface area contributed by atoms with Crippen molar-refractivity contribution in [1.82, 2.24) is 10.3 Å². The van der Waals surface area contributed by atoms with E-state index in [1.807, 2.05) is 73.7 Å². The highest BCUT2D eigenvalue weighted by Crippen LogP contribution is 2.26. The SMILES string of the molecule is CCO[C@@H](CC(=O)O)c1ccc(-c2cccc(N(C)C(=O)NCCc3ccccc3)n2)cc1. The topological polar surface area (TPSA) is 91.8 Å². The molecule has 0 aliphatic heterocycles. The van der Waals surface area contributed by atoms with Gasteiger partial charge in [-0.2, -0.15) is 0 Å². The highest BCUT2D eigenvalue weighted by atomic mass is 16.5. The Balaban J connectivity index is 1.65. The number of pyridine rings is 1. The number of ether oxygens (including phenoxy) is 1. The van der Waals surface area contributed by atoms with E-state index < -0.39 is 12.1 Å². The standard InChI is InChI=1S/C26H29N3O4/c1-3-33-23(18-25(30)31)21-14-12-20(13-15-21)22-10-7-11-24(28-22)29(2)26(32)27-17-16-19-8-5-4-6-9-19/h4-15,23H,3,16-18H2,1-2H3,(H,27,32)(H,30,31)/t23-/m0/s1. The van der Waals surface area contributed by atoms with Crippen molar-refractivity contribution in [3.8, 4) is 11.3 Å². The van der Waals surface area contributed by atoms with Crippen molar-refractivity contribution in [2.45, 2.75) is 25.9 Å². The summed E-state index contributed by atoms with van der Waals surface area (Å²) in [4.78, 5) is 29.8. The van der Waals surface area contributed by atoms with Gasteiger partial charge in [0.05, 0.1) is 18.2 Å². The summed E-state index contributed by atoms with van der Waals surface area (Å²) in [5.74, 6) is -0.371. The van der Waals surface area contributed by atoms with E-state index in [9.17, 15) is 9.59 Å². The van der Waals surface area contributed by atoms with E-state index in [2.05, 4.69) is 10.3 Å². The van der Waals surface area contributed by atoms with Crippen LogP contribution in [0.2, 0.25) is 0 Å². The van der Waals surface area contributed by atoms with Crippen molar-refractivity contribution in [3.63, 3.8) is 0 Å². The van der Waals surface area contributed by atoms with Gasteiger partial charge in [0.1, 0.15) is 5.82 Å². The smallest absolute Gasteiger partial charge is 0.322 e. The highest BCUT2D eigenvalue weighted by Gasteiger charge is 2.16. The molecule has 0 aliphatic rings. The lowest BCUT2D eigenvalue weighted by atomic mass is 10.0. The number of carboxylic acids is 1. The first kappa shape index (κ1) is 23.9. The molecule has 172 valence electrons. The first-order valence-electron chi connectivity index (χ1n) is 10.9. The molecule has 7 heteroatoms. The second-order valence-electron chi connectivity index (χ2n) is 7.57. The maximum Gasteiger partial charge on any atom is 0.322 e. The molecule has 3 aromatic rings. The predicted molar refractivity (Wildman–Crippen MR) is 128 cm³/mol. The first-order chi connectivity index (χ1) is 16.0. The van der Waals surface area contributed by atoms with Crippen LogP contribution in [-0.4, -0.2) is 42.3 Å². The molecule has 1 atom stereocenters. The Bertz CT molecular complexity index is 1050. The van der Waals surface area contributed by atoms with Crippen LogP contribution in [0.5, 0.6) is 0 Å². The van der Waals surface area contributed by atoms with Crippen molar-refractivity contribution >= 4 is 17.8 Å². The van der Waals surface area contributed by atoms with Crippen molar-refractivity contribution in [2.75, 3.05) is 25.1 Å². The number of benzene rings is 2. The summed E-state index contributed by atoms with van der Waals surface area (Å²) < 4.78 is 5.57. The molecule has 33 heavy (non-hydrogen) atoms. The van der Waals surface area contributed by atoms with Gasteiger partial charge >= 0.3 is 12.0 Å². The Labute approximate surface area is 194 Å². The van der Waals surface area contributed by atoms with E-state index in [0.29, 0.717) is 24.7 Å². The van der Waals surface area contributed by atoms with E-state index in [4.69, 9.17) is 9.84 Å². The molecule has 0 radical (unpaired) electrons. The van der Waals surface area contributed by atoms with E-state index >= 15 is 0 Å². The number of amides is 2. The number of nitrogens with one attached hydrogen (secondary N) is 1. The summed E-state index contributed by atoms with van der Waals surface area (Å²) in [6.45, 7) is 2.81. The van der Waals surface area contributed by atoms with Crippen LogP contribution in [0.4, 0.5) is 10.6 Å². The van der Waals surface area contributed by atoms with Crippen molar-refractivity contribution < 1.29 is 19.4 Å². The average molecular weight is 448 g/mol. The molecule has 0 saturated heterocycles. The van der Waals surface area contributed by atoms with Gasteiger partial charge in [0.25, 0.3) is 0 Å². The molecular formula is C26H29N3O4. The zero-order valence-corrected chi connectivity index (χ0v) is 18.9. The van der Waals surface area contributed by atoms with Crippen molar-refractivity contribution in [2.24, 2.45) is 0 Å². The predicted octanol–water partition coefficient (Wildman–Crippen LogP) is 4.69. The molecular weight excluding hydrogens is 418 g/mol. The number of rotatable bonds is 10. The lowest BCUT2D eigenvalue weighted by molar-refractivity contribution is -0.140. The highest BCUT2D eigenvalue weighted by molar-refractivity contribution is 5.90. The number of hydrogen-bond acceptors (Lipinski definition) is 4. The van der Waals surface area contributed by atoms with Gasteiger partial charge in [0.15, 0.2) is 0 Å². The van der Waals surface area contributed by atoms with Crippen LogP contribution >= 0.6 is 0 Å². The van der Waals surface area contributed by atoms with E-state index in [1.165, 1.54) is 10.5 Å². The molecule has 1 heterocycles. The van der Waals surface area contributed by atoms with E-state index in [1.54, 1.807) is 13.1 Å². The molecule has 0 aliphatic carbocycles. The number of hydrogen-bond donors (Lipinski definition) is 2. The number of anilines is 1. The Hall–Kier alpha value is -3.71. The minimum Gasteiger partial charge on any atom is -0.481 e. The third-order valence-electron chi connectivity index (χ3n) is 5.22. The van der Waals surface area contributed by atoms with Gasteiger partial charge in [-0.05, 0) is 36.6 Å². The maximum atomic E-state index is 12.6. The molecule has 2 amide bonds. The van der Waals surface area contributed by atoms with E-state index in [0.717, 1.165) is 17.5 Å². The fourth-order valence-electron chi connectivity index (χ4n) is 3.45. The molecule has 1 aromatic heterocycles. The second kappa shape index (κ2) is 11.8. The number of carboxylic acid groups (broad SMARTS) is 1. The molecule has 0 fully saturated rings. The van der Waals surface area contributed by atoms with Gasteiger partial charge in [-0.3, -0.25) is 9.69 Å². The zero-order chi connectivity index (χ0) is 23.6. The van der Waals surface area contributed by atoms with Gasteiger partial charge in [0.2, 0.25) is 0 Å². The second-order valence-corrected chi connectivity index (χ2v) is 7.57. The Morgan fingerprint density at radius 1 is 1.03 bits per heavy atom. The lowest BCUT2D eigenvalue weighted by Crippen LogP contribution is -2.38.